The van der Waals surface area contributed by atoms with Crippen LogP contribution in [0.1, 0.15) is 30.1 Å². The van der Waals surface area contributed by atoms with Crippen LogP contribution in [0.25, 0.3) is 0 Å². The molecule has 0 saturated carbocycles. The van der Waals surface area contributed by atoms with Gasteiger partial charge < -0.3 is 25.0 Å². The Balaban J connectivity index is 1.49. The summed E-state index contributed by atoms with van der Waals surface area (Å²) < 4.78 is 10.1. The van der Waals surface area contributed by atoms with Gasteiger partial charge in [-0.15, -0.1) is 0 Å². The van der Waals surface area contributed by atoms with Crippen LogP contribution < -0.4 is 15.4 Å². The summed E-state index contributed by atoms with van der Waals surface area (Å²) >= 11 is 0. The van der Waals surface area contributed by atoms with Gasteiger partial charge in [0, 0.05) is 37.2 Å². The molecule has 2 heterocycles. The first-order chi connectivity index (χ1) is 14.1. The number of methoxy groups -OCH3 is 1. The van der Waals surface area contributed by atoms with Crippen molar-refractivity contribution in [3.05, 3.63) is 42.2 Å². The zero-order valence-electron chi connectivity index (χ0n) is 16.6. The third-order valence-electron chi connectivity index (χ3n) is 4.62. The Morgan fingerprint density at radius 2 is 1.79 bits per heavy atom. The number of nitrogens with zero attached hydrogens (tertiary/aromatic N) is 3. The molecule has 0 spiro atoms. The van der Waals surface area contributed by atoms with Gasteiger partial charge in [0.25, 0.3) is 5.91 Å². The second-order valence-corrected chi connectivity index (χ2v) is 6.58. The van der Waals surface area contributed by atoms with Gasteiger partial charge in [-0.25, -0.2) is 14.8 Å². The first-order valence-electron chi connectivity index (χ1n) is 9.54. The number of hydrogen-bond donors (Lipinski definition) is 2. The maximum Gasteiger partial charge on any atom is 0.409 e. The van der Waals surface area contributed by atoms with E-state index in [-0.39, 0.29) is 18.0 Å². The minimum Gasteiger partial charge on any atom is -0.497 e. The lowest BCUT2D eigenvalue weighted by atomic mass is 10.1. The number of carbonyl (C=O) groups excluding carboxylic acids is 2. The number of anilines is 2. The van der Waals surface area contributed by atoms with Crippen molar-refractivity contribution in [1.29, 1.82) is 0 Å². The largest absolute Gasteiger partial charge is 0.497 e. The molecular weight excluding hydrogens is 374 g/mol. The van der Waals surface area contributed by atoms with Crippen LogP contribution in [0.4, 0.5) is 16.4 Å². The van der Waals surface area contributed by atoms with Gasteiger partial charge in [-0.2, -0.15) is 0 Å². The monoisotopic (exact) mass is 399 g/mol. The Bertz CT molecular complexity index is 818. The minimum absolute atomic E-state index is 0.00489. The SMILES string of the molecule is CCOC(=O)N1CCC(NC(=O)c2cnc(Nc3ccc(OC)cc3)nc2)CC1. The lowest BCUT2D eigenvalue weighted by Gasteiger charge is -2.31. The number of piperidine rings is 1. The second kappa shape index (κ2) is 9.72. The van der Waals surface area contributed by atoms with Crippen LogP contribution in [-0.2, 0) is 4.74 Å². The molecule has 2 amide bonds. The van der Waals surface area contributed by atoms with Gasteiger partial charge in [-0.3, -0.25) is 4.79 Å². The zero-order valence-corrected chi connectivity index (χ0v) is 16.6. The van der Waals surface area contributed by atoms with Crippen molar-refractivity contribution in [2.75, 3.05) is 32.1 Å². The molecule has 1 aliphatic heterocycles. The van der Waals surface area contributed by atoms with Crippen molar-refractivity contribution >= 4 is 23.6 Å². The maximum atomic E-state index is 12.4. The smallest absolute Gasteiger partial charge is 0.409 e. The van der Waals surface area contributed by atoms with Crippen molar-refractivity contribution in [2.24, 2.45) is 0 Å². The van der Waals surface area contributed by atoms with E-state index in [0.717, 1.165) is 11.4 Å². The summed E-state index contributed by atoms with van der Waals surface area (Å²) in [5.41, 5.74) is 1.20. The normalized spacial score (nSPS) is 14.2. The Labute approximate surface area is 169 Å². The van der Waals surface area contributed by atoms with Crippen LogP contribution >= 0.6 is 0 Å². The van der Waals surface area contributed by atoms with Gasteiger partial charge in [-0.1, -0.05) is 0 Å². The van der Waals surface area contributed by atoms with Crippen molar-refractivity contribution in [3.63, 3.8) is 0 Å². The van der Waals surface area contributed by atoms with Gasteiger partial charge in [0.15, 0.2) is 0 Å². The van der Waals surface area contributed by atoms with Crippen molar-refractivity contribution in [2.45, 2.75) is 25.8 Å². The van der Waals surface area contributed by atoms with E-state index in [4.69, 9.17) is 9.47 Å². The number of carbonyl (C=O) groups is 2. The van der Waals surface area contributed by atoms with Crippen molar-refractivity contribution in [1.82, 2.24) is 20.2 Å². The van der Waals surface area contributed by atoms with Gasteiger partial charge in [0.05, 0.1) is 19.3 Å². The van der Waals surface area contributed by atoms with Gasteiger partial charge in [0.2, 0.25) is 5.95 Å². The summed E-state index contributed by atoms with van der Waals surface area (Å²) in [6.07, 6.45) is 4.04. The molecule has 1 aromatic heterocycles. The summed E-state index contributed by atoms with van der Waals surface area (Å²) in [5.74, 6) is 0.932. The average molecular weight is 399 g/mol. The number of nitrogens with one attached hydrogen (secondary N) is 2. The molecule has 0 bridgehead atoms. The first kappa shape index (κ1) is 20.4. The fourth-order valence-electron chi connectivity index (χ4n) is 3.00. The number of hydrogen-bond acceptors (Lipinski definition) is 7. The molecule has 1 saturated heterocycles. The molecule has 9 heteroatoms. The second-order valence-electron chi connectivity index (χ2n) is 6.58. The van der Waals surface area contributed by atoms with Gasteiger partial charge >= 0.3 is 6.09 Å². The van der Waals surface area contributed by atoms with Crippen LogP contribution in [-0.4, -0.2) is 59.7 Å². The number of benzene rings is 1. The Kier molecular flexibility index (Phi) is 6.83. The maximum absolute atomic E-state index is 12.4. The molecule has 9 nitrogen and oxygen atoms in total. The summed E-state index contributed by atoms with van der Waals surface area (Å²) in [6, 6.07) is 7.37. The van der Waals surface area contributed by atoms with E-state index in [0.29, 0.717) is 44.0 Å². The molecule has 29 heavy (non-hydrogen) atoms. The van der Waals surface area contributed by atoms with Crippen LogP contribution in [0.15, 0.2) is 36.7 Å². The third-order valence-corrected chi connectivity index (χ3v) is 4.62. The van der Waals surface area contributed by atoms with Crippen LogP contribution in [0.5, 0.6) is 5.75 Å². The average Bonchev–Trinajstić information content (AvgIpc) is 2.75. The molecule has 1 fully saturated rings. The van der Waals surface area contributed by atoms with E-state index in [9.17, 15) is 9.59 Å². The van der Waals surface area contributed by atoms with Gasteiger partial charge in [0.1, 0.15) is 5.75 Å². The topological polar surface area (TPSA) is 106 Å². The van der Waals surface area contributed by atoms with E-state index in [1.807, 2.05) is 24.3 Å². The minimum atomic E-state index is -0.300. The number of aromatic nitrogens is 2. The van der Waals surface area contributed by atoms with E-state index in [1.165, 1.54) is 12.4 Å². The van der Waals surface area contributed by atoms with Crippen molar-refractivity contribution < 1.29 is 19.1 Å². The molecule has 2 aromatic rings. The summed E-state index contributed by atoms with van der Waals surface area (Å²) in [5, 5.41) is 6.05. The molecule has 1 aliphatic rings. The van der Waals surface area contributed by atoms with E-state index >= 15 is 0 Å². The zero-order chi connectivity index (χ0) is 20.6. The molecule has 3 rings (SSSR count). The van der Waals surface area contributed by atoms with Crippen LogP contribution in [0.3, 0.4) is 0 Å². The van der Waals surface area contributed by atoms with Gasteiger partial charge in [-0.05, 0) is 44.0 Å². The summed E-state index contributed by atoms with van der Waals surface area (Å²) in [6.45, 7) is 3.26. The molecule has 0 unspecified atom stereocenters. The number of ether oxygens (including phenoxy) is 2. The van der Waals surface area contributed by atoms with E-state index < -0.39 is 0 Å². The van der Waals surface area contributed by atoms with Crippen LogP contribution in [0, 0.1) is 0 Å². The predicted octanol–water partition coefficient (Wildman–Crippen LogP) is 2.58. The fourth-order valence-corrected chi connectivity index (χ4v) is 3.00. The number of rotatable bonds is 6. The van der Waals surface area contributed by atoms with E-state index in [1.54, 1.807) is 18.9 Å². The highest BCUT2D eigenvalue weighted by molar-refractivity contribution is 5.93. The third kappa shape index (κ3) is 5.56. The molecule has 0 aliphatic carbocycles. The Morgan fingerprint density at radius 3 is 2.38 bits per heavy atom. The van der Waals surface area contributed by atoms with E-state index in [2.05, 4.69) is 20.6 Å². The standard InChI is InChI=1S/C20H25N5O4/c1-3-29-20(27)25-10-8-16(9-11-25)23-18(26)14-12-21-19(22-13-14)24-15-4-6-17(28-2)7-5-15/h4-7,12-13,16H,3,8-11H2,1-2H3,(H,23,26)(H,21,22,24). The lowest BCUT2D eigenvalue weighted by Crippen LogP contribution is -2.46. The molecule has 0 radical (unpaired) electrons. The van der Waals surface area contributed by atoms with Crippen LogP contribution in [0.2, 0.25) is 0 Å². The number of likely N-dealkylation sites (tertiary alicyclic amines) is 1. The summed E-state index contributed by atoms with van der Waals surface area (Å²) in [7, 11) is 1.61. The highest BCUT2D eigenvalue weighted by Crippen LogP contribution is 2.18. The summed E-state index contributed by atoms with van der Waals surface area (Å²) in [4.78, 5) is 34.2. The first-order valence-corrected chi connectivity index (χ1v) is 9.54. The molecular formula is C20H25N5O4. The fraction of sp³-hybridized carbons (Fsp3) is 0.400. The number of amides is 2. The quantitative estimate of drug-likeness (QED) is 0.769. The van der Waals surface area contributed by atoms with Crippen molar-refractivity contribution in [3.8, 4) is 5.75 Å². The predicted molar refractivity (Wildman–Crippen MR) is 107 cm³/mol. The molecule has 1 aromatic carbocycles. The molecule has 154 valence electrons. The highest BCUT2D eigenvalue weighted by Gasteiger charge is 2.25. The Hall–Kier alpha value is -3.36. The molecule has 0 atom stereocenters. The molecule has 2 N–H and O–H groups in total. The Morgan fingerprint density at radius 1 is 1.14 bits per heavy atom. The lowest BCUT2D eigenvalue weighted by molar-refractivity contribution is 0.0859. The highest BCUT2D eigenvalue weighted by atomic mass is 16.6.